The molecule has 0 unspecified atom stereocenters. The van der Waals surface area contributed by atoms with Gasteiger partial charge in [-0.15, -0.1) is 0 Å². The highest BCUT2D eigenvalue weighted by Crippen LogP contribution is 2.35. The molecule has 0 heterocycles. The number of fused-ring (bicyclic) bond motifs is 2. The van der Waals surface area contributed by atoms with Crippen LogP contribution in [0.1, 0.15) is 26.3 Å². The molecule has 0 aliphatic carbocycles. The molecule has 0 aliphatic rings. The Kier molecular flexibility index (Phi) is 6.09. The number of aryl methyl sites for hydroxylation is 1. The summed E-state index contributed by atoms with van der Waals surface area (Å²) in [6.07, 6.45) is 0. The molecule has 0 N–H and O–H groups in total. The maximum atomic E-state index is 13.6. The van der Waals surface area contributed by atoms with Gasteiger partial charge in [0.15, 0.2) is 23.3 Å². The fraction of sp³-hybridized carbons (Fsp3) is 0.0345. The number of benzene rings is 5. The average Bonchev–Trinajstić information content (AvgIpc) is 2.86. The highest BCUT2D eigenvalue weighted by Gasteiger charge is 2.17. The zero-order valence-electron chi connectivity index (χ0n) is 19.2. The summed E-state index contributed by atoms with van der Waals surface area (Å²) in [5.74, 6) is -5.82. The molecule has 0 aromatic heterocycles. The summed E-state index contributed by atoms with van der Waals surface area (Å²) < 4.78 is 64.6. The molecule has 0 bridgehead atoms. The summed E-state index contributed by atoms with van der Waals surface area (Å²) in [5, 5.41) is 2.39. The van der Waals surface area contributed by atoms with E-state index < -0.39 is 35.2 Å². The van der Waals surface area contributed by atoms with Gasteiger partial charge in [0.05, 0.1) is 11.1 Å². The largest absolute Gasteiger partial charge is 0.422 e. The fourth-order valence-electron chi connectivity index (χ4n) is 3.95. The number of ether oxygens (including phenoxy) is 2. The van der Waals surface area contributed by atoms with Crippen molar-refractivity contribution in [1.82, 2.24) is 0 Å². The van der Waals surface area contributed by atoms with Crippen molar-refractivity contribution in [3.8, 4) is 11.5 Å². The van der Waals surface area contributed by atoms with Gasteiger partial charge in [-0.25, -0.2) is 27.2 Å². The zero-order valence-corrected chi connectivity index (χ0v) is 19.2. The van der Waals surface area contributed by atoms with Crippen LogP contribution in [0.15, 0.2) is 78.9 Å². The molecule has 0 atom stereocenters. The summed E-state index contributed by atoms with van der Waals surface area (Å²) in [6, 6.07) is 17.3. The number of rotatable bonds is 4. The average molecular weight is 504 g/mol. The van der Waals surface area contributed by atoms with E-state index in [1.54, 1.807) is 43.3 Å². The molecular weight excluding hydrogens is 488 g/mol. The monoisotopic (exact) mass is 504 g/mol. The van der Waals surface area contributed by atoms with Crippen molar-refractivity contribution < 1.29 is 36.6 Å². The first kappa shape index (κ1) is 24.0. The molecule has 5 rings (SSSR count). The molecule has 0 aliphatic heterocycles. The van der Waals surface area contributed by atoms with Crippen molar-refractivity contribution in [2.45, 2.75) is 6.92 Å². The van der Waals surface area contributed by atoms with E-state index in [4.69, 9.17) is 9.47 Å². The Hall–Kier alpha value is -4.72. The Morgan fingerprint density at radius 1 is 0.568 bits per heavy atom. The molecule has 0 saturated carbocycles. The predicted octanol–water partition coefficient (Wildman–Crippen LogP) is 7.30. The van der Waals surface area contributed by atoms with Gasteiger partial charge in [-0.2, -0.15) is 0 Å². The molecule has 184 valence electrons. The van der Waals surface area contributed by atoms with Gasteiger partial charge in [0.1, 0.15) is 11.5 Å². The lowest BCUT2D eigenvalue weighted by atomic mass is 10.0. The first-order valence-corrected chi connectivity index (χ1v) is 11.0. The van der Waals surface area contributed by atoms with E-state index in [0.29, 0.717) is 21.5 Å². The first-order chi connectivity index (χ1) is 17.7. The SMILES string of the molecule is Cc1cc(OC(=O)c2ccc(F)c(F)c2)c2cc3cccc(OC(=O)c4ccc(F)c(F)c4)c3cc2c1. The third-order valence-electron chi connectivity index (χ3n) is 5.73. The molecular formula is C29H16F4O4. The highest BCUT2D eigenvalue weighted by molar-refractivity contribution is 6.05. The van der Waals surface area contributed by atoms with E-state index in [2.05, 4.69) is 0 Å². The molecule has 0 radical (unpaired) electrons. The Bertz CT molecular complexity index is 1730. The second kappa shape index (κ2) is 9.39. The van der Waals surface area contributed by atoms with Crippen LogP contribution in [-0.2, 0) is 0 Å². The number of esters is 2. The predicted molar refractivity (Wildman–Crippen MR) is 129 cm³/mol. The summed E-state index contributed by atoms with van der Waals surface area (Å²) in [6.45, 7) is 1.79. The molecule has 0 saturated heterocycles. The molecule has 37 heavy (non-hydrogen) atoms. The van der Waals surface area contributed by atoms with Gasteiger partial charge in [0.2, 0.25) is 0 Å². The third kappa shape index (κ3) is 4.73. The van der Waals surface area contributed by atoms with E-state index in [0.717, 1.165) is 42.0 Å². The van der Waals surface area contributed by atoms with Gasteiger partial charge in [0, 0.05) is 10.8 Å². The maximum Gasteiger partial charge on any atom is 0.343 e. The van der Waals surface area contributed by atoms with Gasteiger partial charge in [-0.1, -0.05) is 18.2 Å². The third-order valence-corrected chi connectivity index (χ3v) is 5.73. The summed E-state index contributed by atoms with van der Waals surface area (Å²) in [4.78, 5) is 25.2. The lowest BCUT2D eigenvalue weighted by Crippen LogP contribution is -2.10. The Morgan fingerprint density at radius 2 is 1.11 bits per heavy atom. The van der Waals surface area contributed by atoms with E-state index in [9.17, 15) is 27.2 Å². The highest BCUT2D eigenvalue weighted by atomic mass is 19.2. The number of carbonyl (C=O) groups excluding carboxylic acids is 2. The molecule has 0 spiro atoms. The van der Waals surface area contributed by atoms with Crippen LogP contribution in [0.25, 0.3) is 21.5 Å². The molecule has 5 aromatic rings. The number of halogens is 4. The quantitative estimate of drug-likeness (QED) is 0.112. The Balaban J connectivity index is 1.53. The van der Waals surface area contributed by atoms with Crippen molar-refractivity contribution in [2.75, 3.05) is 0 Å². The summed E-state index contributed by atoms with van der Waals surface area (Å²) >= 11 is 0. The van der Waals surface area contributed by atoms with Gasteiger partial charge < -0.3 is 9.47 Å². The maximum absolute atomic E-state index is 13.6. The molecule has 0 fully saturated rings. The number of carbonyl (C=O) groups is 2. The lowest BCUT2D eigenvalue weighted by Gasteiger charge is -2.13. The Labute approximate surface area is 207 Å². The fourth-order valence-corrected chi connectivity index (χ4v) is 3.95. The van der Waals surface area contributed by atoms with Crippen LogP contribution in [-0.4, -0.2) is 11.9 Å². The Morgan fingerprint density at radius 3 is 1.70 bits per heavy atom. The van der Waals surface area contributed by atoms with Crippen molar-refractivity contribution >= 4 is 33.5 Å². The van der Waals surface area contributed by atoms with Crippen LogP contribution in [0.3, 0.4) is 0 Å². The smallest absolute Gasteiger partial charge is 0.343 e. The van der Waals surface area contributed by atoms with Gasteiger partial charge in [-0.3, -0.25) is 0 Å². The second-order valence-electron chi connectivity index (χ2n) is 8.35. The molecule has 5 aromatic carbocycles. The summed E-state index contributed by atoms with van der Waals surface area (Å²) in [7, 11) is 0. The van der Waals surface area contributed by atoms with Crippen LogP contribution < -0.4 is 9.47 Å². The minimum atomic E-state index is -1.17. The van der Waals surface area contributed by atoms with Crippen LogP contribution >= 0.6 is 0 Å². The van der Waals surface area contributed by atoms with E-state index in [-0.39, 0.29) is 22.6 Å². The number of hydrogen-bond acceptors (Lipinski definition) is 4. The first-order valence-electron chi connectivity index (χ1n) is 11.0. The minimum Gasteiger partial charge on any atom is -0.422 e. The van der Waals surface area contributed by atoms with Crippen molar-refractivity contribution in [3.05, 3.63) is 119 Å². The van der Waals surface area contributed by atoms with E-state index in [1.165, 1.54) is 0 Å². The van der Waals surface area contributed by atoms with Crippen molar-refractivity contribution in [3.63, 3.8) is 0 Å². The summed E-state index contributed by atoms with van der Waals surface area (Å²) in [5.41, 5.74) is 0.441. The normalized spacial score (nSPS) is 11.1. The van der Waals surface area contributed by atoms with Crippen LogP contribution in [0.4, 0.5) is 17.6 Å². The van der Waals surface area contributed by atoms with Crippen LogP contribution in [0, 0.1) is 30.2 Å². The van der Waals surface area contributed by atoms with Crippen LogP contribution in [0.2, 0.25) is 0 Å². The van der Waals surface area contributed by atoms with Gasteiger partial charge in [0.25, 0.3) is 0 Å². The number of hydrogen-bond donors (Lipinski definition) is 0. The zero-order chi connectivity index (χ0) is 26.3. The minimum absolute atomic E-state index is 0.152. The van der Waals surface area contributed by atoms with Crippen molar-refractivity contribution in [1.29, 1.82) is 0 Å². The molecule has 4 nitrogen and oxygen atoms in total. The molecule has 0 amide bonds. The van der Waals surface area contributed by atoms with E-state index in [1.807, 2.05) is 6.07 Å². The topological polar surface area (TPSA) is 52.6 Å². The van der Waals surface area contributed by atoms with E-state index >= 15 is 0 Å². The van der Waals surface area contributed by atoms with Crippen LogP contribution in [0.5, 0.6) is 11.5 Å². The lowest BCUT2D eigenvalue weighted by molar-refractivity contribution is 0.0726. The van der Waals surface area contributed by atoms with Gasteiger partial charge in [-0.05, 0) is 83.9 Å². The van der Waals surface area contributed by atoms with Gasteiger partial charge >= 0.3 is 11.9 Å². The molecule has 8 heteroatoms. The van der Waals surface area contributed by atoms with Crippen molar-refractivity contribution in [2.24, 2.45) is 0 Å². The standard InChI is InChI=1S/C29H16F4O4/c1-15-9-19-12-20-16(3-2-4-26(20)36-28(34)17-5-7-22(30)24(32)13-17)11-21(19)27(10-15)37-29(35)18-6-8-23(31)25(33)14-18/h2-14H,1H3. The second-order valence-corrected chi connectivity index (χ2v) is 8.35.